The van der Waals surface area contributed by atoms with E-state index in [0.717, 1.165) is 39.9 Å². The van der Waals surface area contributed by atoms with Crippen LogP contribution in [0.5, 0.6) is 0 Å². The Balaban J connectivity index is 1.66. The van der Waals surface area contributed by atoms with Crippen LogP contribution in [0.15, 0.2) is 23.7 Å². The summed E-state index contributed by atoms with van der Waals surface area (Å²) in [5.41, 5.74) is 9.35. The van der Waals surface area contributed by atoms with E-state index in [4.69, 9.17) is 5.73 Å². The molecule has 26 heavy (non-hydrogen) atoms. The number of thiophene rings is 1. The lowest BCUT2D eigenvalue weighted by Gasteiger charge is -2.08. The van der Waals surface area contributed by atoms with Crippen molar-refractivity contribution in [2.45, 2.75) is 19.3 Å². The highest BCUT2D eigenvalue weighted by molar-refractivity contribution is 7.17. The number of nitrogens with one attached hydrogen (secondary N) is 2. The van der Waals surface area contributed by atoms with Gasteiger partial charge in [-0.1, -0.05) is 0 Å². The van der Waals surface area contributed by atoms with Crippen molar-refractivity contribution in [1.29, 1.82) is 0 Å². The van der Waals surface area contributed by atoms with Gasteiger partial charge in [0.25, 0.3) is 11.8 Å². The zero-order valence-corrected chi connectivity index (χ0v) is 15.1. The van der Waals surface area contributed by atoms with Gasteiger partial charge in [-0.15, -0.1) is 22.7 Å². The van der Waals surface area contributed by atoms with Crippen LogP contribution in [0.2, 0.25) is 0 Å². The van der Waals surface area contributed by atoms with E-state index in [1.54, 1.807) is 23.7 Å². The van der Waals surface area contributed by atoms with E-state index in [2.05, 4.69) is 15.6 Å². The Morgan fingerprint density at radius 3 is 2.81 bits per heavy atom. The van der Waals surface area contributed by atoms with Gasteiger partial charge < -0.3 is 11.1 Å². The maximum atomic E-state index is 12.7. The molecule has 3 aromatic rings. The minimum Gasteiger partial charge on any atom is -0.351 e. The van der Waals surface area contributed by atoms with Crippen LogP contribution in [-0.4, -0.2) is 22.8 Å². The van der Waals surface area contributed by atoms with Gasteiger partial charge >= 0.3 is 6.03 Å². The molecular formula is C17H14N4O3S2. The van der Waals surface area contributed by atoms with Crippen LogP contribution < -0.4 is 16.4 Å². The van der Waals surface area contributed by atoms with Gasteiger partial charge in [-0.05, 0) is 43.0 Å². The molecular weight excluding hydrogens is 372 g/mol. The number of hydrogen-bond donors (Lipinski definition) is 3. The van der Waals surface area contributed by atoms with Crippen molar-refractivity contribution in [1.82, 2.24) is 10.3 Å². The Bertz CT molecular complexity index is 1050. The van der Waals surface area contributed by atoms with Gasteiger partial charge in [-0.25, -0.2) is 9.78 Å². The van der Waals surface area contributed by atoms with E-state index in [1.807, 2.05) is 0 Å². The lowest BCUT2D eigenvalue weighted by atomic mass is 10.1. The van der Waals surface area contributed by atoms with E-state index < -0.39 is 11.9 Å². The molecule has 0 radical (unpaired) electrons. The second kappa shape index (κ2) is 6.50. The largest absolute Gasteiger partial charge is 0.351 e. The first-order valence-electron chi connectivity index (χ1n) is 7.93. The third kappa shape index (κ3) is 2.95. The molecule has 0 fully saturated rings. The lowest BCUT2D eigenvalue weighted by molar-refractivity contribution is 0.0966. The average molecular weight is 386 g/mol. The van der Waals surface area contributed by atoms with Crippen LogP contribution in [0, 0.1) is 0 Å². The fourth-order valence-corrected chi connectivity index (χ4v) is 5.08. The van der Waals surface area contributed by atoms with Crippen molar-refractivity contribution < 1.29 is 14.4 Å². The zero-order chi connectivity index (χ0) is 18.3. The Kier molecular flexibility index (Phi) is 4.17. The highest BCUT2D eigenvalue weighted by atomic mass is 32.1. The van der Waals surface area contributed by atoms with E-state index in [9.17, 15) is 14.4 Å². The van der Waals surface area contributed by atoms with Crippen LogP contribution in [-0.2, 0) is 12.8 Å². The maximum absolute atomic E-state index is 12.7. The smallest absolute Gasteiger partial charge is 0.319 e. The van der Waals surface area contributed by atoms with Crippen molar-refractivity contribution >= 4 is 55.7 Å². The quantitative estimate of drug-likeness (QED) is 0.642. The van der Waals surface area contributed by atoms with Crippen LogP contribution in [0.4, 0.5) is 9.80 Å². The van der Waals surface area contributed by atoms with Crippen molar-refractivity contribution in [3.63, 3.8) is 0 Å². The second-order valence-electron chi connectivity index (χ2n) is 5.87. The molecule has 0 spiro atoms. The number of thiazole rings is 1. The molecule has 4 rings (SSSR count). The summed E-state index contributed by atoms with van der Waals surface area (Å²) >= 11 is 2.83. The van der Waals surface area contributed by atoms with Crippen molar-refractivity contribution in [3.05, 3.63) is 45.3 Å². The number of aryl methyl sites for hydroxylation is 1. The number of amides is 4. The molecule has 132 valence electrons. The van der Waals surface area contributed by atoms with E-state index in [-0.39, 0.29) is 5.91 Å². The van der Waals surface area contributed by atoms with Crippen molar-refractivity contribution in [3.8, 4) is 0 Å². The number of benzene rings is 1. The van der Waals surface area contributed by atoms with Crippen LogP contribution in [0.3, 0.4) is 0 Å². The maximum Gasteiger partial charge on any atom is 0.319 e. The number of imide groups is 1. The molecule has 1 aliphatic rings. The summed E-state index contributed by atoms with van der Waals surface area (Å²) in [4.78, 5) is 41.4. The number of rotatable bonds is 3. The third-order valence-electron chi connectivity index (χ3n) is 4.21. The van der Waals surface area contributed by atoms with Crippen LogP contribution >= 0.6 is 22.7 Å². The highest BCUT2D eigenvalue weighted by Crippen LogP contribution is 2.39. The average Bonchev–Trinajstić information content (AvgIpc) is 3.28. The summed E-state index contributed by atoms with van der Waals surface area (Å²) in [5.74, 6) is -0.890. The highest BCUT2D eigenvalue weighted by Gasteiger charge is 2.28. The molecule has 0 atom stereocenters. The van der Waals surface area contributed by atoms with Crippen molar-refractivity contribution in [2.75, 3.05) is 5.32 Å². The van der Waals surface area contributed by atoms with Gasteiger partial charge in [0.1, 0.15) is 5.00 Å². The molecule has 4 N–H and O–H groups in total. The van der Waals surface area contributed by atoms with Gasteiger partial charge in [0.05, 0.1) is 21.3 Å². The van der Waals surface area contributed by atoms with Crippen LogP contribution in [0.1, 0.15) is 37.6 Å². The van der Waals surface area contributed by atoms with Gasteiger partial charge in [0, 0.05) is 10.4 Å². The Hall–Kier alpha value is -2.78. The Labute approximate surface area is 156 Å². The number of nitrogens with two attached hydrogens (primary N) is 1. The number of nitrogens with zero attached hydrogens (tertiary/aromatic N) is 1. The molecule has 0 aliphatic heterocycles. The summed E-state index contributed by atoms with van der Waals surface area (Å²) < 4.78 is 0.915. The number of aromatic nitrogens is 1. The first-order valence-corrected chi connectivity index (χ1v) is 9.62. The normalized spacial score (nSPS) is 12.8. The van der Waals surface area contributed by atoms with E-state index in [0.29, 0.717) is 16.1 Å². The predicted octanol–water partition coefficient (Wildman–Crippen LogP) is 2.91. The minimum atomic E-state index is -0.916. The standard InChI is InChI=1S/C17H14N4O3S2/c18-17(24)21-15(23)13-9-2-1-3-11(9)26-16(13)20-14(22)8-4-5-10-12(6-8)25-7-19-10/h4-7H,1-3H2,(H,20,22)(H3,18,21,23,24). The number of hydrogen-bond acceptors (Lipinski definition) is 6. The first-order chi connectivity index (χ1) is 12.5. The monoisotopic (exact) mass is 386 g/mol. The molecule has 0 saturated heterocycles. The SMILES string of the molecule is NC(=O)NC(=O)c1c(NC(=O)c2ccc3ncsc3c2)sc2c1CCC2. The number of carbonyl (C=O) groups is 3. The van der Waals surface area contributed by atoms with Gasteiger partial charge in [-0.2, -0.15) is 0 Å². The molecule has 0 unspecified atom stereocenters. The Morgan fingerprint density at radius 2 is 2.00 bits per heavy atom. The van der Waals surface area contributed by atoms with Crippen LogP contribution in [0.25, 0.3) is 10.2 Å². The Morgan fingerprint density at radius 1 is 1.15 bits per heavy atom. The summed E-state index contributed by atoms with van der Waals surface area (Å²) in [6, 6.07) is 4.34. The second-order valence-corrected chi connectivity index (χ2v) is 7.86. The number of fused-ring (bicyclic) bond motifs is 2. The molecule has 2 aromatic heterocycles. The molecule has 0 bridgehead atoms. The molecule has 9 heteroatoms. The first kappa shape index (κ1) is 16.7. The fourth-order valence-electron chi connectivity index (χ4n) is 3.08. The summed E-state index contributed by atoms with van der Waals surface area (Å²) in [7, 11) is 0. The molecule has 4 amide bonds. The van der Waals surface area contributed by atoms with Crippen molar-refractivity contribution in [2.24, 2.45) is 5.73 Å². The molecule has 1 aliphatic carbocycles. The minimum absolute atomic E-state index is 0.312. The fraction of sp³-hybridized carbons (Fsp3) is 0.176. The van der Waals surface area contributed by atoms with E-state index >= 15 is 0 Å². The van der Waals surface area contributed by atoms with E-state index in [1.165, 1.54) is 22.7 Å². The number of carbonyl (C=O) groups excluding carboxylic acids is 3. The number of anilines is 1. The predicted molar refractivity (Wildman–Crippen MR) is 101 cm³/mol. The summed E-state index contributed by atoms with van der Waals surface area (Å²) in [5, 5.41) is 5.36. The number of primary amides is 1. The lowest BCUT2D eigenvalue weighted by Crippen LogP contribution is -2.35. The molecule has 1 aromatic carbocycles. The van der Waals surface area contributed by atoms with Gasteiger partial charge in [0.15, 0.2) is 0 Å². The molecule has 2 heterocycles. The van der Waals surface area contributed by atoms with Gasteiger partial charge in [-0.3, -0.25) is 14.9 Å². The number of urea groups is 1. The molecule has 0 saturated carbocycles. The third-order valence-corrected chi connectivity index (χ3v) is 6.20. The van der Waals surface area contributed by atoms with Gasteiger partial charge in [0.2, 0.25) is 0 Å². The zero-order valence-electron chi connectivity index (χ0n) is 13.5. The summed E-state index contributed by atoms with van der Waals surface area (Å²) in [6.07, 6.45) is 2.56. The topological polar surface area (TPSA) is 114 Å². The molecule has 7 nitrogen and oxygen atoms in total. The summed E-state index contributed by atoms with van der Waals surface area (Å²) in [6.45, 7) is 0.